The van der Waals surface area contributed by atoms with Gasteiger partial charge in [-0.05, 0) is 25.5 Å². The third-order valence-electron chi connectivity index (χ3n) is 3.81. The minimum atomic E-state index is 0. The van der Waals surface area contributed by atoms with E-state index in [2.05, 4.69) is 47.3 Å². The lowest BCUT2D eigenvalue weighted by atomic mass is 9.95. The molecular formula is C15H20ClN3S. The Balaban J connectivity index is 0.00000147. The molecule has 2 N–H and O–H groups in total. The van der Waals surface area contributed by atoms with Crippen molar-refractivity contribution in [3.63, 3.8) is 0 Å². The number of nitrogens with zero attached hydrogens (tertiary/aromatic N) is 2. The molecule has 20 heavy (non-hydrogen) atoms. The summed E-state index contributed by atoms with van der Waals surface area (Å²) in [6, 6.07) is 10.9. The van der Waals surface area contributed by atoms with Gasteiger partial charge in [-0.15, -0.1) is 23.7 Å². The monoisotopic (exact) mass is 309 g/mol. The van der Waals surface area contributed by atoms with Crippen LogP contribution < -0.4 is 5.73 Å². The van der Waals surface area contributed by atoms with E-state index in [9.17, 15) is 0 Å². The zero-order valence-electron chi connectivity index (χ0n) is 11.6. The van der Waals surface area contributed by atoms with Crippen molar-refractivity contribution in [1.29, 1.82) is 0 Å². The number of halogens is 1. The zero-order chi connectivity index (χ0) is 13.3. The highest BCUT2D eigenvalue weighted by atomic mass is 35.5. The lowest BCUT2D eigenvalue weighted by molar-refractivity contribution is 0.297. The van der Waals surface area contributed by atoms with Crippen molar-refractivity contribution in [2.45, 2.75) is 24.8 Å². The summed E-state index contributed by atoms with van der Waals surface area (Å²) in [6.07, 6.45) is 4.48. The molecule has 108 valence electrons. The Labute approximate surface area is 130 Å². The quantitative estimate of drug-likeness (QED) is 0.921. The molecule has 5 heteroatoms. The number of rotatable bonds is 5. The SMILES string of the molecule is CN(Cc1cnc(N)s1)CC1(c2ccccc2)CC1.Cl. The van der Waals surface area contributed by atoms with Crippen molar-refractivity contribution >= 4 is 28.9 Å². The number of hydrogen-bond donors (Lipinski definition) is 1. The van der Waals surface area contributed by atoms with Gasteiger partial charge in [-0.3, -0.25) is 0 Å². The van der Waals surface area contributed by atoms with Gasteiger partial charge in [0.05, 0.1) is 0 Å². The van der Waals surface area contributed by atoms with Crippen molar-refractivity contribution in [2.24, 2.45) is 0 Å². The molecule has 1 aliphatic carbocycles. The van der Waals surface area contributed by atoms with Crippen molar-refractivity contribution < 1.29 is 0 Å². The Morgan fingerprint density at radius 1 is 1.30 bits per heavy atom. The Morgan fingerprint density at radius 2 is 2.00 bits per heavy atom. The fourth-order valence-corrected chi connectivity index (χ4v) is 3.48. The lowest BCUT2D eigenvalue weighted by Gasteiger charge is -2.23. The molecule has 3 nitrogen and oxygen atoms in total. The van der Waals surface area contributed by atoms with E-state index in [0.29, 0.717) is 10.5 Å². The van der Waals surface area contributed by atoms with Crippen LogP contribution in [0, 0.1) is 0 Å². The second-order valence-electron chi connectivity index (χ2n) is 5.48. The number of nitrogen functional groups attached to an aromatic ring is 1. The molecule has 0 spiro atoms. The topological polar surface area (TPSA) is 42.2 Å². The van der Waals surface area contributed by atoms with Gasteiger partial charge in [0.15, 0.2) is 5.13 Å². The molecule has 0 saturated heterocycles. The molecule has 0 unspecified atom stereocenters. The van der Waals surface area contributed by atoms with Crippen LogP contribution in [-0.4, -0.2) is 23.5 Å². The molecular weight excluding hydrogens is 290 g/mol. The van der Waals surface area contributed by atoms with Crippen molar-refractivity contribution in [1.82, 2.24) is 9.88 Å². The Kier molecular flexibility index (Phi) is 4.68. The summed E-state index contributed by atoms with van der Waals surface area (Å²) in [4.78, 5) is 7.73. The Hall–Kier alpha value is -1.10. The second kappa shape index (κ2) is 6.12. The van der Waals surface area contributed by atoms with E-state index in [1.165, 1.54) is 23.3 Å². The van der Waals surface area contributed by atoms with Gasteiger partial charge in [0.2, 0.25) is 0 Å². The first-order valence-electron chi connectivity index (χ1n) is 6.62. The molecule has 0 amide bonds. The van der Waals surface area contributed by atoms with Crippen LogP contribution in [0.4, 0.5) is 5.13 Å². The number of anilines is 1. The standard InChI is InChI=1S/C15H19N3S.ClH/c1-18(10-13-9-17-14(16)19-13)11-15(7-8-15)12-5-3-2-4-6-12;/h2-6,9H,7-8,10-11H2,1H3,(H2,16,17);1H. The van der Waals surface area contributed by atoms with Crippen LogP contribution in [0.3, 0.4) is 0 Å². The molecule has 2 aromatic rings. The normalized spacial score (nSPS) is 15.9. The number of thiazole rings is 1. The lowest BCUT2D eigenvalue weighted by Crippen LogP contribution is -2.28. The largest absolute Gasteiger partial charge is 0.375 e. The first kappa shape index (κ1) is 15.3. The van der Waals surface area contributed by atoms with Crippen LogP contribution in [0.2, 0.25) is 0 Å². The van der Waals surface area contributed by atoms with E-state index in [0.717, 1.165) is 13.1 Å². The molecule has 0 aliphatic heterocycles. The van der Waals surface area contributed by atoms with Gasteiger partial charge >= 0.3 is 0 Å². The van der Waals surface area contributed by atoms with Crippen LogP contribution in [0.15, 0.2) is 36.5 Å². The summed E-state index contributed by atoms with van der Waals surface area (Å²) >= 11 is 1.58. The number of benzene rings is 1. The zero-order valence-corrected chi connectivity index (χ0v) is 13.2. The summed E-state index contributed by atoms with van der Waals surface area (Å²) in [5.41, 5.74) is 7.53. The summed E-state index contributed by atoms with van der Waals surface area (Å²) in [7, 11) is 2.18. The second-order valence-corrected chi connectivity index (χ2v) is 6.63. The molecule has 0 radical (unpaired) electrons. The minimum Gasteiger partial charge on any atom is -0.375 e. The number of likely N-dealkylation sites (N-methyl/N-ethyl adjacent to an activating group) is 1. The maximum Gasteiger partial charge on any atom is 0.180 e. The first-order valence-corrected chi connectivity index (χ1v) is 7.44. The van der Waals surface area contributed by atoms with Gasteiger partial charge in [0, 0.05) is 29.6 Å². The average molecular weight is 310 g/mol. The van der Waals surface area contributed by atoms with Gasteiger partial charge < -0.3 is 10.6 Å². The highest BCUT2D eigenvalue weighted by Crippen LogP contribution is 2.48. The van der Waals surface area contributed by atoms with Crippen LogP contribution in [-0.2, 0) is 12.0 Å². The molecule has 1 heterocycles. The van der Waals surface area contributed by atoms with E-state index >= 15 is 0 Å². The van der Waals surface area contributed by atoms with Crippen LogP contribution in [0.25, 0.3) is 0 Å². The number of hydrogen-bond acceptors (Lipinski definition) is 4. The van der Waals surface area contributed by atoms with Gasteiger partial charge in [0.25, 0.3) is 0 Å². The van der Waals surface area contributed by atoms with Gasteiger partial charge in [-0.25, -0.2) is 4.98 Å². The van der Waals surface area contributed by atoms with Gasteiger partial charge in [0.1, 0.15) is 0 Å². The molecule has 1 saturated carbocycles. The van der Waals surface area contributed by atoms with E-state index in [1.54, 1.807) is 11.3 Å². The van der Waals surface area contributed by atoms with Gasteiger partial charge in [-0.2, -0.15) is 0 Å². The Morgan fingerprint density at radius 3 is 2.55 bits per heavy atom. The molecule has 0 bridgehead atoms. The van der Waals surface area contributed by atoms with Gasteiger partial charge in [-0.1, -0.05) is 30.3 Å². The fraction of sp³-hybridized carbons (Fsp3) is 0.400. The Bertz CT molecular complexity index is 551. The van der Waals surface area contributed by atoms with E-state index in [4.69, 9.17) is 5.73 Å². The molecule has 3 rings (SSSR count). The number of aromatic nitrogens is 1. The van der Waals surface area contributed by atoms with Crippen LogP contribution in [0.5, 0.6) is 0 Å². The summed E-state index contributed by atoms with van der Waals surface area (Å²) < 4.78 is 0. The highest BCUT2D eigenvalue weighted by molar-refractivity contribution is 7.15. The van der Waals surface area contributed by atoms with Crippen LogP contribution in [0.1, 0.15) is 23.3 Å². The maximum atomic E-state index is 5.67. The smallest absolute Gasteiger partial charge is 0.180 e. The molecule has 1 aromatic carbocycles. The number of nitrogens with two attached hydrogens (primary N) is 1. The predicted molar refractivity (Wildman–Crippen MR) is 87.5 cm³/mol. The third kappa shape index (κ3) is 3.32. The average Bonchev–Trinajstić information content (AvgIpc) is 3.07. The molecule has 1 fully saturated rings. The van der Waals surface area contributed by atoms with Crippen molar-refractivity contribution in [3.05, 3.63) is 47.0 Å². The minimum absolute atomic E-state index is 0. The van der Waals surface area contributed by atoms with Crippen molar-refractivity contribution in [3.8, 4) is 0 Å². The summed E-state index contributed by atoms with van der Waals surface area (Å²) in [5, 5.41) is 0.660. The third-order valence-corrected chi connectivity index (χ3v) is 4.62. The van der Waals surface area contributed by atoms with Crippen LogP contribution >= 0.6 is 23.7 Å². The molecule has 1 aliphatic rings. The van der Waals surface area contributed by atoms with Crippen molar-refractivity contribution in [2.75, 3.05) is 19.3 Å². The van der Waals surface area contributed by atoms with E-state index < -0.39 is 0 Å². The van der Waals surface area contributed by atoms with E-state index in [1.807, 2.05) is 6.20 Å². The molecule has 0 atom stereocenters. The highest BCUT2D eigenvalue weighted by Gasteiger charge is 2.44. The fourth-order valence-electron chi connectivity index (χ4n) is 2.72. The summed E-state index contributed by atoms with van der Waals surface area (Å²) in [5.74, 6) is 0. The van der Waals surface area contributed by atoms with E-state index in [-0.39, 0.29) is 12.4 Å². The first-order chi connectivity index (χ1) is 9.18. The maximum absolute atomic E-state index is 5.67. The predicted octanol–water partition coefficient (Wildman–Crippen LogP) is 3.31. The molecule has 1 aromatic heterocycles. The summed E-state index contributed by atoms with van der Waals surface area (Å²) in [6.45, 7) is 2.04.